The lowest BCUT2D eigenvalue weighted by molar-refractivity contribution is -0.121. The van der Waals surface area contributed by atoms with Crippen LogP contribution in [0.25, 0.3) is 0 Å². The van der Waals surface area contributed by atoms with E-state index in [-0.39, 0.29) is 11.9 Å². The molecule has 1 saturated carbocycles. The van der Waals surface area contributed by atoms with Crippen LogP contribution in [-0.4, -0.2) is 18.6 Å². The number of carbonyl (C=O) groups is 1. The first-order chi connectivity index (χ1) is 9.06. The van der Waals surface area contributed by atoms with Crippen molar-refractivity contribution >= 4 is 5.91 Å². The maximum Gasteiger partial charge on any atom is 0.223 e. The molecule has 104 valence electrons. The summed E-state index contributed by atoms with van der Waals surface area (Å²) in [5.74, 6) is 0.853. The van der Waals surface area contributed by atoms with Gasteiger partial charge in [0, 0.05) is 17.6 Å². The van der Waals surface area contributed by atoms with Gasteiger partial charge in [-0.3, -0.25) is 4.79 Å². The Morgan fingerprint density at radius 2 is 2.26 bits per heavy atom. The number of nitrogens with one attached hydrogen (secondary N) is 1. The van der Waals surface area contributed by atoms with Crippen LogP contribution in [-0.2, 0) is 4.79 Å². The highest BCUT2D eigenvalue weighted by atomic mass is 16.5. The molecular weight excluding hydrogens is 240 g/mol. The minimum atomic E-state index is -0.0732. The summed E-state index contributed by atoms with van der Waals surface area (Å²) in [6.45, 7) is 4.33. The quantitative estimate of drug-likeness (QED) is 0.824. The van der Waals surface area contributed by atoms with Gasteiger partial charge in [0.05, 0.1) is 13.0 Å². The van der Waals surface area contributed by atoms with E-state index in [4.69, 9.17) is 10.5 Å². The Balaban J connectivity index is 1.87. The molecule has 0 heterocycles. The molecule has 4 heteroatoms. The van der Waals surface area contributed by atoms with Gasteiger partial charge in [-0.2, -0.15) is 0 Å². The summed E-state index contributed by atoms with van der Waals surface area (Å²) >= 11 is 0. The van der Waals surface area contributed by atoms with E-state index in [2.05, 4.69) is 5.32 Å². The average Bonchev–Trinajstić information content (AvgIpc) is 3.12. The molecule has 0 spiro atoms. The normalized spacial score (nSPS) is 15.9. The van der Waals surface area contributed by atoms with Crippen LogP contribution in [0.15, 0.2) is 18.2 Å². The number of amides is 1. The van der Waals surface area contributed by atoms with E-state index >= 15 is 0 Å². The first-order valence-electron chi connectivity index (χ1n) is 6.84. The van der Waals surface area contributed by atoms with E-state index < -0.39 is 0 Å². The second-order valence-corrected chi connectivity index (χ2v) is 5.27. The van der Waals surface area contributed by atoms with Crippen molar-refractivity contribution in [3.8, 4) is 5.75 Å². The molecule has 1 amide bonds. The monoisotopic (exact) mass is 262 g/mol. The van der Waals surface area contributed by atoms with Crippen LogP contribution in [0.3, 0.4) is 0 Å². The number of hydrogen-bond acceptors (Lipinski definition) is 3. The minimum absolute atomic E-state index is 0.0671. The van der Waals surface area contributed by atoms with Crippen LogP contribution < -0.4 is 15.8 Å². The molecule has 0 radical (unpaired) electrons. The molecule has 1 aromatic carbocycles. The number of ether oxygens (including phenoxy) is 1. The lowest BCUT2D eigenvalue weighted by atomic mass is 10.1. The predicted molar refractivity (Wildman–Crippen MR) is 75.1 cm³/mol. The van der Waals surface area contributed by atoms with E-state index in [1.807, 2.05) is 32.0 Å². The molecule has 1 aliphatic rings. The summed E-state index contributed by atoms with van der Waals surface area (Å²) < 4.78 is 5.71. The first kappa shape index (κ1) is 13.9. The van der Waals surface area contributed by atoms with E-state index in [0.717, 1.165) is 29.7 Å². The second kappa shape index (κ2) is 6.06. The van der Waals surface area contributed by atoms with Gasteiger partial charge in [0.2, 0.25) is 5.91 Å². The molecule has 0 unspecified atom stereocenters. The molecule has 1 aromatic rings. The number of hydrogen-bond donors (Lipinski definition) is 2. The molecule has 4 nitrogen and oxygen atoms in total. The highest BCUT2D eigenvalue weighted by Crippen LogP contribution is 2.25. The molecule has 1 aliphatic carbocycles. The van der Waals surface area contributed by atoms with Crippen LogP contribution >= 0.6 is 0 Å². The number of aryl methyl sites for hydroxylation is 1. The third-order valence-electron chi connectivity index (χ3n) is 3.19. The fraction of sp³-hybridized carbons (Fsp3) is 0.533. The summed E-state index contributed by atoms with van der Waals surface area (Å²) in [5, 5.41) is 2.95. The van der Waals surface area contributed by atoms with Gasteiger partial charge >= 0.3 is 0 Å². The van der Waals surface area contributed by atoms with Crippen LogP contribution in [0, 0.1) is 6.92 Å². The molecule has 3 N–H and O–H groups in total. The fourth-order valence-electron chi connectivity index (χ4n) is 1.92. The molecule has 2 rings (SSSR count). The fourth-order valence-corrected chi connectivity index (χ4v) is 1.92. The van der Waals surface area contributed by atoms with Gasteiger partial charge in [-0.25, -0.2) is 0 Å². The van der Waals surface area contributed by atoms with Gasteiger partial charge in [-0.15, -0.1) is 0 Å². The SMILES string of the molecule is Cc1ccc([C@@H](C)N)c(OCCC(=O)NC2CC2)c1. The Labute approximate surface area is 114 Å². The van der Waals surface area contributed by atoms with E-state index in [9.17, 15) is 4.79 Å². The zero-order valence-corrected chi connectivity index (χ0v) is 11.6. The largest absolute Gasteiger partial charge is 0.493 e. The van der Waals surface area contributed by atoms with E-state index in [1.54, 1.807) is 0 Å². The Kier molecular flexibility index (Phi) is 4.43. The van der Waals surface area contributed by atoms with Crippen molar-refractivity contribution in [2.45, 2.75) is 45.2 Å². The van der Waals surface area contributed by atoms with Gasteiger partial charge in [0.25, 0.3) is 0 Å². The average molecular weight is 262 g/mol. The van der Waals surface area contributed by atoms with Crippen molar-refractivity contribution in [1.82, 2.24) is 5.32 Å². The number of carbonyl (C=O) groups excluding carboxylic acids is 1. The highest BCUT2D eigenvalue weighted by Gasteiger charge is 2.22. The third-order valence-corrected chi connectivity index (χ3v) is 3.19. The number of benzene rings is 1. The van der Waals surface area contributed by atoms with Crippen molar-refractivity contribution in [3.05, 3.63) is 29.3 Å². The summed E-state index contributed by atoms with van der Waals surface area (Å²) in [4.78, 5) is 11.6. The Hall–Kier alpha value is -1.55. The maximum absolute atomic E-state index is 11.6. The summed E-state index contributed by atoms with van der Waals surface area (Å²) in [6.07, 6.45) is 2.61. The molecular formula is C15H22N2O2. The van der Waals surface area contributed by atoms with Crippen molar-refractivity contribution in [2.75, 3.05) is 6.61 Å². The molecule has 19 heavy (non-hydrogen) atoms. The van der Waals surface area contributed by atoms with Gasteiger partial charge in [0.15, 0.2) is 0 Å². The summed E-state index contributed by atoms with van der Waals surface area (Å²) in [7, 11) is 0. The van der Waals surface area contributed by atoms with E-state index in [0.29, 0.717) is 19.1 Å². The lowest BCUT2D eigenvalue weighted by Gasteiger charge is -2.14. The van der Waals surface area contributed by atoms with E-state index in [1.165, 1.54) is 0 Å². The molecule has 0 bridgehead atoms. The topological polar surface area (TPSA) is 64.3 Å². The van der Waals surface area contributed by atoms with Crippen LogP contribution in [0.2, 0.25) is 0 Å². The minimum Gasteiger partial charge on any atom is -0.493 e. The molecule has 1 atom stereocenters. The van der Waals surface area contributed by atoms with Crippen LogP contribution in [0.4, 0.5) is 0 Å². The first-order valence-corrected chi connectivity index (χ1v) is 6.84. The molecule has 0 saturated heterocycles. The van der Waals surface area contributed by atoms with Crippen LogP contribution in [0.5, 0.6) is 5.75 Å². The molecule has 0 aromatic heterocycles. The molecule has 1 fully saturated rings. The van der Waals surface area contributed by atoms with Crippen molar-refractivity contribution in [3.63, 3.8) is 0 Å². The highest BCUT2D eigenvalue weighted by molar-refractivity contribution is 5.76. The summed E-state index contributed by atoms with van der Waals surface area (Å²) in [6, 6.07) is 6.31. The number of nitrogens with two attached hydrogens (primary N) is 1. The smallest absolute Gasteiger partial charge is 0.223 e. The van der Waals surface area contributed by atoms with Gasteiger partial charge in [-0.1, -0.05) is 12.1 Å². The Bertz CT molecular complexity index is 453. The van der Waals surface area contributed by atoms with Gasteiger partial charge in [-0.05, 0) is 38.3 Å². The zero-order chi connectivity index (χ0) is 13.8. The molecule has 0 aliphatic heterocycles. The predicted octanol–water partition coefficient (Wildman–Crippen LogP) is 2.06. The zero-order valence-electron chi connectivity index (χ0n) is 11.6. The summed E-state index contributed by atoms with van der Waals surface area (Å²) in [5.41, 5.74) is 8.02. The number of rotatable bonds is 6. The maximum atomic E-state index is 11.6. The second-order valence-electron chi connectivity index (χ2n) is 5.27. The van der Waals surface area contributed by atoms with Crippen LogP contribution in [0.1, 0.15) is 43.4 Å². The standard InChI is InChI=1S/C15H22N2O2/c1-10-3-6-13(11(2)16)14(9-10)19-8-7-15(18)17-12-4-5-12/h3,6,9,11-12H,4-5,7-8,16H2,1-2H3,(H,17,18)/t11-/m1/s1. The van der Waals surface area contributed by atoms with Crippen molar-refractivity contribution in [1.29, 1.82) is 0 Å². The van der Waals surface area contributed by atoms with Crippen molar-refractivity contribution in [2.24, 2.45) is 5.73 Å². The lowest BCUT2D eigenvalue weighted by Crippen LogP contribution is -2.26. The Morgan fingerprint density at radius 1 is 1.53 bits per heavy atom. The van der Waals surface area contributed by atoms with Gasteiger partial charge in [0.1, 0.15) is 5.75 Å². The third kappa shape index (κ3) is 4.24. The van der Waals surface area contributed by atoms with Gasteiger partial charge < -0.3 is 15.8 Å². The Morgan fingerprint density at radius 3 is 2.89 bits per heavy atom. The van der Waals surface area contributed by atoms with Crippen molar-refractivity contribution < 1.29 is 9.53 Å².